The number of rotatable bonds is 5. The Bertz CT molecular complexity index is 809. The largest absolute Gasteiger partial charge is 0.494 e. The van der Waals surface area contributed by atoms with Crippen LogP contribution in [0.1, 0.15) is 35.3 Å². The van der Waals surface area contributed by atoms with Crippen molar-refractivity contribution in [2.75, 3.05) is 6.61 Å². The van der Waals surface area contributed by atoms with Crippen LogP contribution in [0.2, 0.25) is 5.02 Å². The zero-order chi connectivity index (χ0) is 18.0. The summed E-state index contributed by atoms with van der Waals surface area (Å²) in [5, 5.41) is 2.97. The predicted molar refractivity (Wildman–Crippen MR) is 94.0 cm³/mol. The van der Waals surface area contributed by atoms with Crippen molar-refractivity contribution in [2.24, 2.45) is 0 Å². The molecule has 4 nitrogen and oxygen atoms in total. The molecule has 0 unspecified atom stereocenters. The summed E-state index contributed by atoms with van der Waals surface area (Å²) in [6.45, 7) is 4.63. The first-order valence-corrected chi connectivity index (χ1v) is 8.54. The monoisotopic (exact) mass is 363 g/mol. The van der Waals surface area contributed by atoms with Crippen LogP contribution < -0.4 is 14.8 Å². The minimum atomic E-state index is -0.652. The lowest BCUT2D eigenvalue weighted by Gasteiger charge is -2.13. The maximum atomic E-state index is 13.9. The Hall–Kier alpha value is -2.27. The number of hydrogen-bond acceptors (Lipinski definition) is 3. The number of fused-ring (bicyclic) bond motifs is 1. The van der Waals surface area contributed by atoms with Gasteiger partial charge in [-0.3, -0.25) is 4.79 Å². The molecule has 1 aliphatic heterocycles. The van der Waals surface area contributed by atoms with Gasteiger partial charge in [-0.05, 0) is 44.2 Å². The summed E-state index contributed by atoms with van der Waals surface area (Å²) >= 11 is 5.71. The molecule has 0 saturated heterocycles. The van der Waals surface area contributed by atoms with Gasteiger partial charge in [0, 0.05) is 29.1 Å². The van der Waals surface area contributed by atoms with E-state index < -0.39 is 11.7 Å². The van der Waals surface area contributed by atoms with E-state index >= 15 is 0 Å². The van der Waals surface area contributed by atoms with E-state index in [0.717, 1.165) is 29.4 Å². The molecule has 1 amide bonds. The second-order valence-electron chi connectivity index (χ2n) is 5.94. The Morgan fingerprint density at radius 2 is 2.20 bits per heavy atom. The van der Waals surface area contributed by atoms with E-state index in [2.05, 4.69) is 5.32 Å². The highest BCUT2D eigenvalue weighted by Gasteiger charge is 2.22. The lowest BCUT2D eigenvalue weighted by molar-refractivity contribution is 0.0946. The molecule has 6 heteroatoms. The molecule has 25 heavy (non-hydrogen) atoms. The fraction of sp³-hybridized carbons (Fsp3) is 0.316. The van der Waals surface area contributed by atoms with Gasteiger partial charge >= 0.3 is 0 Å². The summed E-state index contributed by atoms with van der Waals surface area (Å²) in [5.41, 5.74) is 1.83. The van der Waals surface area contributed by atoms with E-state index in [4.69, 9.17) is 21.1 Å². The number of halogens is 2. The third-order valence-electron chi connectivity index (χ3n) is 3.99. The molecule has 0 bridgehead atoms. The van der Waals surface area contributed by atoms with Crippen molar-refractivity contribution < 1.29 is 18.7 Å². The highest BCUT2D eigenvalue weighted by atomic mass is 35.5. The number of benzene rings is 2. The van der Waals surface area contributed by atoms with Gasteiger partial charge in [0.25, 0.3) is 5.91 Å². The minimum Gasteiger partial charge on any atom is -0.494 e. The fourth-order valence-electron chi connectivity index (χ4n) is 2.85. The van der Waals surface area contributed by atoms with E-state index in [1.807, 2.05) is 26.0 Å². The molecule has 1 aliphatic rings. The molecular formula is C19H19ClFNO3. The molecular weight excluding hydrogens is 345 g/mol. The van der Waals surface area contributed by atoms with Gasteiger partial charge in [0.15, 0.2) is 0 Å². The van der Waals surface area contributed by atoms with E-state index in [1.165, 1.54) is 12.1 Å². The lowest BCUT2D eigenvalue weighted by Crippen LogP contribution is -2.24. The first-order valence-electron chi connectivity index (χ1n) is 8.16. The highest BCUT2D eigenvalue weighted by molar-refractivity contribution is 6.30. The van der Waals surface area contributed by atoms with Gasteiger partial charge in [0.05, 0.1) is 12.2 Å². The minimum absolute atomic E-state index is 0.0478. The summed E-state index contributed by atoms with van der Waals surface area (Å²) in [5.74, 6) is 0.348. The van der Waals surface area contributed by atoms with Crippen LogP contribution in [0.15, 0.2) is 30.3 Å². The standard InChI is InChI=1S/C19H19ClFNO3/c1-3-24-17-7-12-6-11(2)25-18(12)8-13(17)10-22-19(23)15-5-4-14(20)9-16(15)21/h4-5,7-9,11H,3,6,10H2,1-2H3,(H,22,23)/t11-/m1/s1. The normalized spacial score (nSPS) is 15.4. The number of hydrogen-bond donors (Lipinski definition) is 1. The summed E-state index contributed by atoms with van der Waals surface area (Å²) < 4.78 is 25.3. The molecule has 1 heterocycles. The van der Waals surface area contributed by atoms with Crippen molar-refractivity contribution in [3.8, 4) is 11.5 Å². The van der Waals surface area contributed by atoms with Crippen molar-refractivity contribution in [1.29, 1.82) is 0 Å². The maximum Gasteiger partial charge on any atom is 0.254 e. The zero-order valence-electron chi connectivity index (χ0n) is 14.1. The topological polar surface area (TPSA) is 47.6 Å². The third-order valence-corrected chi connectivity index (χ3v) is 4.23. The predicted octanol–water partition coefficient (Wildman–Crippen LogP) is 4.13. The molecule has 2 aromatic rings. The second kappa shape index (κ2) is 7.31. The molecule has 1 atom stereocenters. The first kappa shape index (κ1) is 17.5. The van der Waals surface area contributed by atoms with Gasteiger partial charge in [0.2, 0.25) is 0 Å². The Morgan fingerprint density at radius 3 is 2.92 bits per heavy atom. The number of nitrogens with one attached hydrogen (secondary N) is 1. The summed E-state index contributed by atoms with van der Waals surface area (Å²) in [6, 6.07) is 7.79. The van der Waals surface area contributed by atoms with E-state index in [0.29, 0.717) is 12.4 Å². The molecule has 132 valence electrons. The Labute approximate surface area is 150 Å². The summed E-state index contributed by atoms with van der Waals surface area (Å²) in [7, 11) is 0. The van der Waals surface area contributed by atoms with Gasteiger partial charge in [-0.1, -0.05) is 11.6 Å². The molecule has 2 aromatic carbocycles. The van der Waals surface area contributed by atoms with Crippen LogP contribution in [-0.4, -0.2) is 18.6 Å². The quantitative estimate of drug-likeness (QED) is 0.868. The Morgan fingerprint density at radius 1 is 1.40 bits per heavy atom. The summed E-state index contributed by atoms with van der Waals surface area (Å²) in [6.07, 6.45) is 0.954. The Kier molecular flexibility index (Phi) is 5.13. The highest BCUT2D eigenvalue weighted by Crippen LogP contribution is 2.35. The first-order chi connectivity index (χ1) is 12.0. The van der Waals surface area contributed by atoms with Crippen LogP contribution in [0, 0.1) is 5.82 Å². The average molecular weight is 364 g/mol. The van der Waals surface area contributed by atoms with Crippen LogP contribution in [-0.2, 0) is 13.0 Å². The van der Waals surface area contributed by atoms with Crippen LogP contribution in [0.4, 0.5) is 4.39 Å². The molecule has 3 rings (SSSR count). The third kappa shape index (κ3) is 3.87. The lowest BCUT2D eigenvalue weighted by atomic mass is 10.1. The molecule has 0 fully saturated rings. The van der Waals surface area contributed by atoms with E-state index in [1.54, 1.807) is 0 Å². The SMILES string of the molecule is CCOc1cc2c(cc1CNC(=O)c1ccc(Cl)cc1F)O[C@H](C)C2. The molecule has 0 spiro atoms. The van der Waals surface area contributed by atoms with Crippen molar-refractivity contribution in [1.82, 2.24) is 5.32 Å². The maximum absolute atomic E-state index is 13.9. The number of carbonyl (C=O) groups excluding carboxylic acids is 1. The van der Waals surface area contributed by atoms with Crippen LogP contribution in [0.25, 0.3) is 0 Å². The van der Waals surface area contributed by atoms with E-state index in [-0.39, 0.29) is 23.2 Å². The van der Waals surface area contributed by atoms with Crippen molar-refractivity contribution in [3.63, 3.8) is 0 Å². The Balaban J connectivity index is 1.78. The average Bonchev–Trinajstić information content (AvgIpc) is 2.91. The van der Waals surface area contributed by atoms with E-state index in [9.17, 15) is 9.18 Å². The van der Waals surface area contributed by atoms with Crippen molar-refractivity contribution in [2.45, 2.75) is 32.9 Å². The number of amides is 1. The fourth-order valence-corrected chi connectivity index (χ4v) is 3.01. The van der Waals surface area contributed by atoms with Crippen LogP contribution in [0.3, 0.4) is 0 Å². The molecule has 1 N–H and O–H groups in total. The second-order valence-corrected chi connectivity index (χ2v) is 6.38. The van der Waals surface area contributed by atoms with Gasteiger partial charge in [-0.25, -0.2) is 4.39 Å². The molecule has 0 saturated carbocycles. The number of ether oxygens (including phenoxy) is 2. The molecule has 0 aliphatic carbocycles. The smallest absolute Gasteiger partial charge is 0.254 e. The van der Waals surface area contributed by atoms with Gasteiger partial charge in [-0.2, -0.15) is 0 Å². The van der Waals surface area contributed by atoms with Gasteiger partial charge < -0.3 is 14.8 Å². The van der Waals surface area contributed by atoms with Gasteiger partial charge in [-0.15, -0.1) is 0 Å². The van der Waals surface area contributed by atoms with Crippen LogP contribution in [0.5, 0.6) is 11.5 Å². The zero-order valence-corrected chi connectivity index (χ0v) is 14.8. The van der Waals surface area contributed by atoms with Crippen LogP contribution >= 0.6 is 11.6 Å². The summed E-state index contributed by atoms with van der Waals surface area (Å²) in [4.78, 5) is 12.2. The van der Waals surface area contributed by atoms with Crippen molar-refractivity contribution in [3.05, 3.63) is 57.9 Å². The molecule has 0 aromatic heterocycles. The molecule has 0 radical (unpaired) electrons. The van der Waals surface area contributed by atoms with Gasteiger partial charge in [0.1, 0.15) is 23.4 Å². The number of carbonyl (C=O) groups is 1. The van der Waals surface area contributed by atoms with Crippen molar-refractivity contribution >= 4 is 17.5 Å².